The minimum absolute atomic E-state index is 0.818. The summed E-state index contributed by atoms with van der Waals surface area (Å²) in [5.74, 6) is -3.65. The van der Waals surface area contributed by atoms with Gasteiger partial charge in [-0.15, -0.1) is 0 Å². The first kappa shape index (κ1) is 17.2. The molecule has 0 spiro atoms. The first-order valence-electron chi connectivity index (χ1n) is 6.56. The molecule has 2 rings (SSSR count). The summed E-state index contributed by atoms with van der Waals surface area (Å²) in [6.07, 6.45) is 3.68. The zero-order chi connectivity index (χ0) is 16.5. The normalized spacial score (nSPS) is 9.36. The van der Waals surface area contributed by atoms with Crippen LogP contribution in [0.3, 0.4) is 0 Å². The molecular weight excluding hydrogens is 284 g/mol. The highest BCUT2D eigenvalue weighted by Gasteiger charge is 2.04. The topological polar surface area (TPSA) is 99.5 Å². The lowest BCUT2D eigenvalue weighted by Crippen LogP contribution is -2.09. The van der Waals surface area contributed by atoms with Gasteiger partial charge in [-0.05, 0) is 42.7 Å². The molecule has 1 aromatic carbocycles. The largest absolute Gasteiger partial charge is 0.473 e. The second-order valence-corrected chi connectivity index (χ2v) is 4.64. The van der Waals surface area contributed by atoms with Crippen LogP contribution < -0.4 is 5.32 Å². The van der Waals surface area contributed by atoms with E-state index in [4.69, 9.17) is 19.8 Å². The Morgan fingerprint density at radius 3 is 2.36 bits per heavy atom. The van der Waals surface area contributed by atoms with Gasteiger partial charge in [0.25, 0.3) is 0 Å². The van der Waals surface area contributed by atoms with E-state index in [1.807, 2.05) is 12.3 Å². The number of aryl methyl sites for hydroxylation is 2. The molecule has 0 aliphatic rings. The zero-order valence-corrected chi connectivity index (χ0v) is 12.4. The molecule has 0 amide bonds. The Hall–Kier alpha value is -2.89. The fraction of sp³-hybridized carbons (Fsp3) is 0.188. The number of hydrogen-bond acceptors (Lipinski definition) is 4. The van der Waals surface area contributed by atoms with Gasteiger partial charge >= 0.3 is 11.9 Å². The summed E-state index contributed by atoms with van der Waals surface area (Å²) in [5, 5.41) is 18.2. The van der Waals surface area contributed by atoms with Crippen LogP contribution in [0.4, 0.5) is 5.69 Å². The van der Waals surface area contributed by atoms with Gasteiger partial charge in [0.05, 0.1) is 0 Å². The van der Waals surface area contributed by atoms with Crippen LogP contribution in [0.25, 0.3) is 0 Å². The first-order valence-corrected chi connectivity index (χ1v) is 6.56. The molecule has 3 N–H and O–H groups in total. The number of benzene rings is 1. The highest BCUT2D eigenvalue weighted by molar-refractivity contribution is 6.27. The predicted octanol–water partition coefficient (Wildman–Crippen LogP) is 2.47. The molecule has 0 radical (unpaired) electrons. The highest BCUT2D eigenvalue weighted by atomic mass is 16.4. The van der Waals surface area contributed by atoms with Crippen molar-refractivity contribution in [2.75, 3.05) is 5.32 Å². The van der Waals surface area contributed by atoms with Gasteiger partial charge in [-0.2, -0.15) is 0 Å². The fourth-order valence-electron chi connectivity index (χ4n) is 1.63. The van der Waals surface area contributed by atoms with E-state index in [1.165, 1.54) is 22.4 Å². The summed E-state index contributed by atoms with van der Waals surface area (Å²) in [6.45, 7) is 5.04. The van der Waals surface area contributed by atoms with Crippen molar-refractivity contribution in [1.82, 2.24) is 4.98 Å². The van der Waals surface area contributed by atoms with Gasteiger partial charge < -0.3 is 15.5 Å². The van der Waals surface area contributed by atoms with Gasteiger partial charge in [0, 0.05) is 24.6 Å². The van der Waals surface area contributed by atoms with E-state index in [0.717, 1.165) is 6.54 Å². The second-order valence-electron chi connectivity index (χ2n) is 4.64. The summed E-state index contributed by atoms with van der Waals surface area (Å²) in [6, 6.07) is 10.5. The predicted molar refractivity (Wildman–Crippen MR) is 82.8 cm³/mol. The molecule has 6 nitrogen and oxygen atoms in total. The van der Waals surface area contributed by atoms with Crippen LogP contribution in [0.5, 0.6) is 0 Å². The van der Waals surface area contributed by atoms with Crippen molar-refractivity contribution in [2.45, 2.75) is 20.4 Å². The van der Waals surface area contributed by atoms with E-state index < -0.39 is 11.9 Å². The summed E-state index contributed by atoms with van der Waals surface area (Å²) >= 11 is 0. The summed E-state index contributed by atoms with van der Waals surface area (Å²) in [7, 11) is 0. The maximum absolute atomic E-state index is 9.10. The molecule has 0 aliphatic heterocycles. The lowest BCUT2D eigenvalue weighted by atomic mass is 10.1. The molecular formula is C16H18N2O4. The maximum Gasteiger partial charge on any atom is 0.414 e. The average Bonchev–Trinajstić information content (AvgIpc) is 2.50. The number of anilines is 1. The third-order valence-electron chi connectivity index (χ3n) is 2.78. The Balaban J connectivity index is 0.000000346. The summed E-state index contributed by atoms with van der Waals surface area (Å²) < 4.78 is 0. The molecule has 6 heteroatoms. The van der Waals surface area contributed by atoms with E-state index in [-0.39, 0.29) is 0 Å². The number of carbonyl (C=O) groups is 2. The van der Waals surface area contributed by atoms with Gasteiger partial charge in [0.1, 0.15) is 0 Å². The number of carboxylic acids is 2. The summed E-state index contributed by atoms with van der Waals surface area (Å²) in [5.41, 5.74) is 4.95. The molecule has 0 aliphatic carbocycles. The SMILES string of the molecule is Cc1ccc(C)c(NCc2cccnc2)c1.O=C(O)C(=O)O. The van der Waals surface area contributed by atoms with Crippen LogP contribution in [-0.2, 0) is 16.1 Å². The lowest BCUT2D eigenvalue weighted by molar-refractivity contribution is -0.159. The van der Waals surface area contributed by atoms with Gasteiger partial charge in [0.2, 0.25) is 0 Å². The smallest absolute Gasteiger partial charge is 0.414 e. The summed E-state index contributed by atoms with van der Waals surface area (Å²) in [4.78, 5) is 22.3. The van der Waals surface area contributed by atoms with Crippen molar-refractivity contribution < 1.29 is 19.8 Å². The number of pyridine rings is 1. The van der Waals surface area contributed by atoms with E-state index in [0.29, 0.717) is 0 Å². The second kappa shape index (κ2) is 8.41. The number of nitrogens with one attached hydrogen (secondary N) is 1. The maximum atomic E-state index is 9.10. The van der Waals surface area contributed by atoms with Crippen LogP contribution in [0.1, 0.15) is 16.7 Å². The Morgan fingerprint density at radius 1 is 1.14 bits per heavy atom. The highest BCUT2D eigenvalue weighted by Crippen LogP contribution is 2.17. The van der Waals surface area contributed by atoms with Crippen molar-refractivity contribution in [3.63, 3.8) is 0 Å². The number of rotatable bonds is 3. The standard InChI is InChI=1S/C14H16N2.C2H2O4/c1-11-5-6-12(2)14(8-11)16-10-13-4-3-7-15-9-13;3-1(4)2(5)6/h3-9,16H,10H2,1-2H3;(H,3,4)(H,5,6). The number of nitrogens with zero attached hydrogens (tertiary/aromatic N) is 1. The minimum Gasteiger partial charge on any atom is -0.473 e. The van der Waals surface area contributed by atoms with E-state index in [9.17, 15) is 0 Å². The fourth-order valence-corrected chi connectivity index (χ4v) is 1.63. The number of carboxylic acid groups (broad SMARTS) is 2. The molecule has 0 bridgehead atoms. The Kier molecular flexibility index (Phi) is 6.56. The molecule has 0 unspecified atom stereocenters. The Labute approximate surface area is 128 Å². The third-order valence-corrected chi connectivity index (χ3v) is 2.78. The van der Waals surface area contributed by atoms with Crippen molar-refractivity contribution in [1.29, 1.82) is 0 Å². The van der Waals surface area contributed by atoms with Gasteiger partial charge in [-0.3, -0.25) is 4.98 Å². The molecule has 1 heterocycles. The van der Waals surface area contributed by atoms with Crippen molar-refractivity contribution in [3.05, 3.63) is 59.4 Å². The van der Waals surface area contributed by atoms with E-state index in [1.54, 1.807) is 6.20 Å². The van der Waals surface area contributed by atoms with Crippen LogP contribution in [0.2, 0.25) is 0 Å². The molecule has 2 aromatic rings. The van der Waals surface area contributed by atoms with Gasteiger partial charge in [-0.1, -0.05) is 18.2 Å². The van der Waals surface area contributed by atoms with Gasteiger partial charge in [0.15, 0.2) is 0 Å². The van der Waals surface area contributed by atoms with E-state index >= 15 is 0 Å². The van der Waals surface area contributed by atoms with Crippen LogP contribution in [0, 0.1) is 13.8 Å². The van der Waals surface area contributed by atoms with Crippen LogP contribution >= 0.6 is 0 Å². The quantitative estimate of drug-likeness (QED) is 0.753. The molecule has 0 saturated carbocycles. The van der Waals surface area contributed by atoms with E-state index in [2.05, 4.69) is 48.4 Å². The van der Waals surface area contributed by atoms with Crippen LogP contribution in [-0.4, -0.2) is 27.1 Å². The zero-order valence-electron chi connectivity index (χ0n) is 12.4. The third kappa shape index (κ3) is 6.04. The molecule has 0 fully saturated rings. The molecule has 1 aromatic heterocycles. The molecule has 22 heavy (non-hydrogen) atoms. The number of aromatic nitrogens is 1. The molecule has 0 atom stereocenters. The van der Waals surface area contributed by atoms with Crippen molar-refractivity contribution >= 4 is 17.6 Å². The molecule has 116 valence electrons. The lowest BCUT2D eigenvalue weighted by Gasteiger charge is -2.10. The molecule has 0 saturated heterocycles. The Bertz CT molecular complexity index is 630. The Morgan fingerprint density at radius 2 is 1.82 bits per heavy atom. The average molecular weight is 302 g/mol. The number of aliphatic carboxylic acids is 2. The first-order chi connectivity index (χ1) is 10.4. The van der Waals surface area contributed by atoms with Crippen molar-refractivity contribution in [2.24, 2.45) is 0 Å². The van der Waals surface area contributed by atoms with Gasteiger partial charge in [-0.25, -0.2) is 9.59 Å². The minimum atomic E-state index is -1.82. The van der Waals surface area contributed by atoms with Crippen LogP contribution in [0.15, 0.2) is 42.7 Å². The van der Waals surface area contributed by atoms with Crippen molar-refractivity contribution in [3.8, 4) is 0 Å². The monoisotopic (exact) mass is 302 g/mol. The number of hydrogen-bond donors (Lipinski definition) is 3.